The van der Waals surface area contributed by atoms with Crippen LogP contribution in [0, 0.1) is 0 Å². The van der Waals surface area contributed by atoms with Crippen molar-refractivity contribution in [1.29, 1.82) is 0 Å². The molecule has 1 fully saturated rings. The molecule has 1 aliphatic rings. The van der Waals surface area contributed by atoms with Gasteiger partial charge in [0.15, 0.2) is 0 Å². The number of esters is 1. The van der Waals surface area contributed by atoms with Crippen LogP contribution in [0.4, 0.5) is 0 Å². The van der Waals surface area contributed by atoms with Gasteiger partial charge < -0.3 is 15.0 Å². The van der Waals surface area contributed by atoms with E-state index in [1.54, 1.807) is 11.8 Å². The zero-order chi connectivity index (χ0) is 12.7. The highest BCUT2D eigenvalue weighted by atomic mass is 16.5. The van der Waals surface area contributed by atoms with Gasteiger partial charge in [0.2, 0.25) is 5.91 Å². The van der Waals surface area contributed by atoms with E-state index in [0.717, 1.165) is 25.8 Å². The molecule has 1 unspecified atom stereocenters. The van der Waals surface area contributed by atoms with Gasteiger partial charge in [-0.25, -0.2) is 4.79 Å². The normalized spacial score (nSPS) is 20.1. The first kappa shape index (κ1) is 14.0. The quantitative estimate of drug-likeness (QED) is 0.715. The van der Waals surface area contributed by atoms with E-state index in [4.69, 9.17) is 4.74 Å². The molecular formula is C12H22N2O3. The van der Waals surface area contributed by atoms with Crippen LogP contribution in [-0.4, -0.2) is 49.1 Å². The molecule has 98 valence electrons. The molecule has 0 aliphatic carbocycles. The van der Waals surface area contributed by atoms with Crippen molar-refractivity contribution in [2.75, 3.05) is 26.2 Å². The predicted octanol–water partition coefficient (Wildman–Crippen LogP) is 0.540. The molecule has 0 aromatic carbocycles. The van der Waals surface area contributed by atoms with Crippen LogP contribution >= 0.6 is 0 Å². The molecule has 0 spiro atoms. The number of hydrogen-bond donors (Lipinski definition) is 1. The van der Waals surface area contributed by atoms with Crippen molar-refractivity contribution < 1.29 is 14.3 Å². The SMILES string of the molecule is CCNCC(=O)N1CCCCC1C(=O)OCC. The van der Waals surface area contributed by atoms with Crippen molar-refractivity contribution in [2.24, 2.45) is 0 Å². The Morgan fingerprint density at radius 3 is 2.76 bits per heavy atom. The fourth-order valence-electron chi connectivity index (χ4n) is 2.05. The standard InChI is InChI=1S/C12H22N2O3/c1-3-13-9-11(15)14-8-6-5-7-10(14)12(16)17-4-2/h10,13H,3-9H2,1-2H3. The van der Waals surface area contributed by atoms with Crippen LogP contribution in [-0.2, 0) is 14.3 Å². The summed E-state index contributed by atoms with van der Waals surface area (Å²) in [5.74, 6) is -0.276. The Bertz CT molecular complexity index is 268. The second-order valence-electron chi connectivity index (χ2n) is 4.13. The van der Waals surface area contributed by atoms with Crippen LogP contribution in [0.5, 0.6) is 0 Å². The number of carbonyl (C=O) groups excluding carboxylic acids is 2. The maximum atomic E-state index is 11.9. The maximum absolute atomic E-state index is 11.9. The molecule has 1 heterocycles. The first-order valence-corrected chi connectivity index (χ1v) is 6.37. The largest absolute Gasteiger partial charge is 0.464 e. The van der Waals surface area contributed by atoms with Gasteiger partial charge in [-0.2, -0.15) is 0 Å². The molecule has 0 bridgehead atoms. The lowest BCUT2D eigenvalue weighted by Gasteiger charge is -2.34. The van der Waals surface area contributed by atoms with E-state index in [0.29, 0.717) is 19.7 Å². The van der Waals surface area contributed by atoms with Crippen LogP contribution < -0.4 is 5.32 Å². The summed E-state index contributed by atoms with van der Waals surface area (Å²) >= 11 is 0. The van der Waals surface area contributed by atoms with Crippen molar-refractivity contribution in [2.45, 2.75) is 39.2 Å². The Labute approximate surface area is 102 Å². The Morgan fingerprint density at radius 2 is 2.12 bits per heavy atom. The third-order valence-electron chi connectivity index (χ3n) is 2.91. The highest BCUT2D eigenvalue weighted by Crippen LogP contribution is 2.18. The van der Waals surface area contributed by atoms with E-state index < -0.39 is 0 Å². The zero-order valence-electron chi connectivity index (χ0n) is 10.7. The summed E-state index contributed by atoms with van der Waals surface area (Å²) in [5, 5.41) is 2.99. The number of likely N-dealkylation sites (N-methyl/N-ethyl adjacent to an activating group) is 1. The summed E-state index contributed by atoms with van der Waals surface area (Å²) in [7, 11) is 0. The van der Waals surface area contributed by atoms with E-state index in [1.807, 2.05) is 6.92 Å². The van der Waals surface area contributed by atoms with Gasteiger partial charge in [0.25, 0.3) is 0 Å². The molecule has 17 heavy (non-hydrogen) atoms. The van der Waals surface area contributed by atoms with Crippen molar-refractivity contribution >= 4 is 11.9 Å². The average molecular weight is 242 g/mol. The molecule has 0 aromatic heterocycles. The fourth-order valence-corrected chi connectivity index (χ4v) is 2.05. The highest BCUT2D eigenvalue weighted by Gasteiger charge is 2.32. The average Bonchev–Trinajstić information content (AvgIpc) is 2.36. The van der Waals surface area contributed by atoms with Gasteiger partial charge in [-0.1, -0.05) is 6.92 Å². The lowest BCUT2D eigenvalue weighted by atomic mass is 10.0. The Balaban J connectivity index is 2.58. The monoisotopic (exact) mass is 242 g/mol. The van der Waals surface area contributed by atoms with E-state index in [2.05, 4.69) is 5.32 Å². The van der Waals surface area contributed by atoms with Gasteiger partial charge in [0.1, 0.15) is 6.04 Å². The minimum absolute atomic E-state index is 0.00963. The molecule has 1 N–H and O–H groups in total. The second-order valence-corrected chi connectivity index (χ2v) is 4.13. The highest BCUT2D eigenvalue weighted by molar-refractivity contribution is 5.85. The second kappa shape index (κ2) is 7.27. The van der Waals surface area contributed by atoms with Gasteiger partial charge in [0, 0.05) is 6.54 Å². The number of carbonyl (C=O) groups is 2. The fraction of sp³-hybridized carbons (Fsp3) is 0.833. The molecule has 0 saturated carbocycles. The van der Waals surface area contributed by atoms with E-state index in [-0.39, 0.29) is 17.9 Å². The summed E-state index contributed by atoms with van der Waals surface area (Å²) in [6.07, 6.45) is 2.67. The third kappa shape index (κ3) is 4.00. The topological polar surface area (TPSA) is 58.6 Å². The maximum Gasteiger partial charge on any atom is 0.328 e. The third-order valence-corrected chi connectivity index (χ3v) is 2.91. The van der Waals surface area contributed by atoms with Crippen LogP contribution in [0.25, 0.3) is 0 Å². The Hall–Kier alpha value is -1.10. The molecule has 1 rings (SSSR count). The van der Waals surface area contributed by atoms with Crippen LogP contribution in [0.3, 0.4) is 0 Å². The summed E-state index contributed by atoms with van der Waals surface area (Å²) < 4.78 is 5.01. The van der Waals surface area contributed by atoms with E-state index in [1.165, 1.54) is 0 Å². The number of nitrogens with zero attached hydrogens (tertiary/aromatic N) is 1. The van der Waals surface area contributed by atoms with Crippen molar-refractivity contribution in [3.05, 3.63) is 0 Å². The van der Waals surface area contributed by atoms with Gasteiger partial charge in [-0.05, 0) is 32.7 Å². The lowest BCUT2D eigenvalue weighted by Crippen LogP contribution is -2.51. The van der Waals surface area contributed by atoms with E-state index >= 15 is 0 Å². The summed E-state index contributed by atoms with van der Waals surface area (Å²) in [6, 6.07) is -0.380. The van der Waals surface area contributed by atoms with Gasteiger partial charge in [0.05, 0.1) is 13.2 Å². The molecule has 1 amide bonds. The lowest BCUT2D eigenvalue weighted by molar-refractivity contribution is -0.156. The first-order chi connectivity index (χ1) is 8.20. The number of amides is 1. The molecule has 5 heteroatoms. The number of ether oxygens (including phenoxy) is 1. The molecule has 1 aliphatic heterocycles. The molecule has 1 atom stereocenters. The van der Waals surface area contributed by atoms with E-state index in [9.17, 15) is 9.59 Å². The summed E-state index contributed by atoms with van der Waals surface area (Å²) in [5.41, 5.74) is 0. The number of piperidine rings is 1. The Kier molecular flexibility index (Phi) is 5.97. The zero-order valence-corrected chi connectivity index (χ0v) is 10.7. The number of hydrogen-bond acceptors (Lipinski definition) is 4. The smallest absolute Gasteiger partial charge is 0.328 e. The van der Waals surface area contributed by atoms with Crippen LogP contribution in [0.2, 0.25) is 0 Å². The van der Waals surface area contributed by atoms with Crippen molar-refractivity contribution in [1.82, 2.24) is 10.2 Å². The first-order valence-electron chi connectivity index (χ1n) is 6.37. The molecule has 0 radical (unpaired) electrons. The summed E-state index contributed by atoms with van der Waals surface area (Å²) in [4.78, 5) is 25.3. The number of likely N-dealkylation sites (tertiary alicyclic amines) is 1. The van der Waals surface area contributed by atoms with Crippen LogP contribution in [0.1, 0.15) is 33.1 Å². The van der Waals surface area contributed by atoms with Gasteiger partial charge in [-0.15, -0.1) is 0 Å². The molecule has 5 nitrogen and oxygen atoms in total. The molecule has 0 aromatic rings. The van der Waals surface area contributed by atoms with Crippen molar-refractivity contribution in [3.8, 4) is 0 Å². The number of nitrogens with one attached hydrogen (secondary N) is 1. The van der Waals surface area contributed by atoms with Gasteiger partial charge >= 0.3 is 5.97 Å². The minimum atomic E-state index is -0.380. The molecular weight excluding hydrogens is 220 g/mol. The predicted molar refractivity (Wildman–Crippen MR) is 64.5 cm³/mol. The Morgan fingerprint density at radius 1 is 1.35 bits per heavy atom. The van der Waals surface area contributed by atoms with Crippen LogP contribution in [0.15, 0.2) is 0 Å². The van der Waals surface area contributed by atoms with Gasteiger partial charge in [-0.3, -0.25) is 4.79 Å². The minimum Gasteiger partial charge on any atom is -0.464 e. The molecule has 1 saturated heterocycles. The summed E-state index contributed by atoms with van der Waals surface area (Å²) in [6.45, 7) is 5.81. The number of rotatable bonds is 5. The van der Waals surface area contributed by atoms with Crippen molar-refractivity contribution in [3.63, 3.8) is 0 Å².